The summed E-state index contributed by atoms with van der Waals surface area (Å²) in [4.78, 5) is 11.2. The van der Waals surface area contributed by atoms with E-state index in [9.17, 15) is 13.6 Å². The van der Waals surface area contributed by atoms with Gasteiger partial charge in [-0.15, -0.1) is 0 Å². The average Bonchev–Trinajstić information content (AvgIpc) is 2.95. The van der Waals surface area contributed by atoms with Crippen LogP contribution in [0.3, 0.4) is 0 Å². The lowest BCUT2D eigenvalue weighted by Gasteiger charge is -2.10. The van der Waals surface area contributed by atoms with Crippen molar-refractivity contribution < 1.29 is 13.6 Å². The standard InChI is InChI=1S/C15H15F2N3O/c1-8(15(18)21)13-7-14-12(2-3-20(14)19-13)9-4-10(16)6-11(17)5-9/h4-8,12H,2-3H2,1H3,(H2,18,21)/t8?,12-/m0/s1. The Hall–Kier alpha value is -2.24. The summed E-state index contributed by atoms with van der Waals surface area (Å²) in [5.74, 6) is -2.22. The Bertz CT molecular complexity index is 691. The molecule has 1 unspecified atom stereocenters. The van der Waals surface area contributed by atoms with Crippen molar-refractivity contribution in [3.63, 3.8) is 0 Å². The molecule has 21 heavy (non-hydrogen) atoms. The van der Waals surface area contributed by atoms with Crippen molar-refractivity contribution in [2.45, 2.75) is 31.7 Å². The number of carbonyl (C=O) groups excluding carboxylic acids is 1. The predicted molar refractivity (Wildman–Crippen MR) is 72.7 cm³/mol. The summed E-state index contributed by atoms with van der Waals surface area (Å²) in [5, 5.41) is 4.36. The Morgan fingerprint density at radius 2 is 2.00 bits per heavy atom. The van der Waals surface area contributed by atoms with Gasteiger partial charge in [0.05, 0.1) is 11.6 Å². The van der Waals surface area contributed by atoms with Crippen molar-refractivity contribution in [3.8, 4) is 0 Å². The summed E-state index contributed by atoms with van der Waals surface area (Å²) in [7, 11) is 0. The first-order chi connectivity index (χ1) is 9.95. The van der Waals surface area contributed by atoms with Gasteiger partial charge in [-0.2, -0.15) is 5.10 Å². The molecule has 0 radical (unpaired) electrons. The smallest absolute Gasteiger partial charge is 0.226 e. The van der Waals surface area contributed by atoms with Crippen LogP contribution in [0.1, 0.15) is 42.1 Å². The molecule has 2 aromatic rings. The zero-order valence-corrected chi connectivity index (χ0v) is 11.5. The first-order valence-corrected chi connectivity index (χ1v) is 6.78. The lowest BCUT2D eigenvalue weighted by atomic mass is 9.93. The number of aromatic nitrogens is 2. The summed E-state index contributed by atoms with van der Waals surface area (Å²) >= 11 is 0. The van der Waals surface area contributed by atoms with Gasteiger partial charge in [-0.3, -0.25) is 9.48 Å². The number of benzene rings is 1. The zero-order valence-electron chi connectivity index (χ0n) is 11.5. The van der Waals surface area contributed by atoms with Crippen LogP contribution in [0, 0.1) is 11.6 Å². The second-order valence-electron chi connectivity index (χ2n) is 5.39. The van der Waals surface area contributed by atoms with E-state index in [0.29, 0.717) is 17.8 Å². The Kier molecular flexibility index (Phi) is 3.23. The highest BCUT2D eigenvalue weighted by atomic mass is 19.1. The van der Waals surface area contributed by atoms with Crippen LogP contribution >= 0.6 is 0 Å². The summed E-state index contributed by atoms with van der Waals surface area (Å²) in [6.45, 7) is 2.35. The number of halogens is 2. The van der Waals surface area contributed by atoms with Gasteiger partial charge in [0.15, 0.2) is 0 Å². The van der Waals surface area contributed by atoms with E-state index in [1.807, 2.05) is 0 Å². The summed E-state index contributed by atoms with van der Waals surface area (Å²) in [6.07, 6.45) is 0.733. The molecular formula is C15H15F2N3O. The minimum atomic E-state index is -0.589. The minimum absolute atomic E-state index is 0.114. The van der Waals surface area contributed by atoms with Gasteiger partial charge in [-0.25, -0.2) is 8.78 Å². The first-order valence-electron chi connectivity index (χ1n) is 6.78. The van der Waals surface area contributed by atoms with E-state index in [-0.39, 0.29) is 5.92 Å². The number of rotatable bonds is 3. The third-order valence-electron chi connectivity index (χ3n) is 3.97. The fourth-order valence-corrected chi connectivity index (χ4v) is 2.78. The van der Waals surface area contributed by atoms with Crippen LogP contribution in [0.5, 0.6) is 0 Å². The highest BCUT2D eigenvalue weighted by molar-refractivity contribution is 5.80. The molecule has 2 N–H and O–H groups in total. The molecule has 1 aromatic carbocycles. The summed E-state index contributed by atoms with van der Waals surface area (Å²) < 4.78 is 28.5. The van der Waals surface area contributed by atoms with E-state index in [1.165, 1.54) is 12.1 Å². The number of fused-ring (bicyclic) bond motifs is 1. The van der Waals surface area contributed by atoms with E-state index in [2.05, 4.69) is 5.10 Å². The lowest BCUT2D eigenvalue weighted by molar-refractivity contribution is -0.119. The Morgan fingerprint density at radius 3 is 2.62 bits per heavy atom. The van der Waals surface area contributed by atoms with Crippen LogP contribution in [0.15, 0.2) is 24.3 Å². The Balaban J connectivity index is 1.98. The molecule has 0 spiro atoms. The van der Waals surface area contributed by atoms with Crippen molar-refractivity contribution in [1.29, 1.82) is 0 Å². The number of amides is 1. The molecule has 0 fully saturated rings. The van der Waals surface area contributed by atoms with Crippen molar-refractivity contribution >= 4 is 5.91 Å². The normalized spacial score (nSPS) is 18.5. The largest absolute Gasteiger partial charge is 0.369 e. The topological polar surface area (TPSA) is 60.9 Å². The minimum Gasteiger partial charge on any atom is -0.369 e. The molecule has 1 aromatic heterocycles. The van der Waals surface area contributed by atoms with Gasteiger partial charge in [0.2, 0.25) is 5.91 Å². The average molecular weight is 291 g/mol. The number of hydrogen-bond acceptors (Lipinski definition) is 2. The molecule has 0 saturated heterocycles. The molecule has 1 aliphatic heterocycles. The third-order valence-corrected chi connectivity index (χ3v) is 3.97. The molecule has 0 bridgehead atoms. The number of aryl methyl sites for hydroxylation is 1. The van der Waals surface area contributed by atoms with E-state index >= 15 is 0 Å². The van der Waals surface area contributed by atoms with Gasteiger partial charge in [0.25, 0.3) is 0 Å². The second kappa shape index (κ2) is 4.95. The third kappa shape index (κ3) is 2.41. The monoisotopic (exact) mass is 291 g/mol. The molecule has 6 heteroatoms. The van der Waals surface area contributed by atoms with Crippen molar-refractivity contribution in [1.82, 2.24) is 9.78 Å². The zero-order chi connectivity index (χ0) is 15.1. The number of hydrogen-bond donors (Lipinski definition) is 1. The van der Waals surface area contributed by atoms with Crippen LogP contribution in [0.4, 0.5) is 8.78 Å². The number of primary amides is 1. The molecular weight excluding hydrogens is 276 g/mol. The highest BCUT2D eigenvalue weighted by Gasteiger charge is 2.29. The quantitative estimate of drug-likeness (QED) is 0.943. The molecule has 2 atom stereocenters. The number of carbonyl (C=O) groups is 1. The molecule has 1 amide bonds. The second-order valence-corrected chi connectivity index (χ2v) is 5.39. The molecule has 4 nitrogen and oxygen atoms in total. The van der Waals surface area contributed by atoms with Gasteiger partial charge < -0.3 is 5.73 Å². The summed E-state index contributed by atoms with van der Waals surface area (Å²) in [6, 6.07) is 5.34. The van der Waals surface area contributed by atoms with Gasteiger partial charge in [0.1, 0.15) is 11.6 Å². The first kappa shape index (κ1) is 13.7. The molecule has 3 rings (SSSR count). The predicted octanol–water partition coefficient (Wildman–Crippen LogP) is 2.29. The van der Waals surface area contributed by atoms with Crippen molar-refractivity contribution in [2.75, 3.05) is 0 Å². The molecule has 2 heterocycles. The molecule has 110 valence electrons. The van der Waals surface area contributed by atoms with Gasteiger partial charge in [0, 0.05) is 24.2 Å². The number of nitrogens with zero attached hydrogens (tertiary/aromatic N) is 2. The maximum absolute atomic E-state index is 13.4. The van der Waals surface area contributed by atoms with Crippen LogP contribution in [0.25, 0.3) is 0 Å². The van der Waals surface area contributed by atoms with E-state index in [4.69, 9.17) is 5.73 Å². The van der Waals surface area contributed by atoms with E-state index in [1.54, 1.807) is 17.7 Å². The van der Waals surface area contributed by atoms with Crippen LogP contribution < -0.4 is 5.73 Å². The lowest BCUT2D eigenvalue weighted by Crippen LogP contribution is -2.19. The maximum Gasteiger partial charge on any atom is 0.226 e. The Labute approximate surface area is 120 Å². The van der Waals surface area contributed by atoms with Crippen LogP contribution in [-0.4, -0.2) is 15.7 Å². The van der Waals surface area contributed by atoms with E-state index < -0.39 is 23.5 Å². The van der Waals surface area contributed by atoms with Gasteiger partial charge in [-0.1, -0.05) is 0 Å². The highest BCUT2D eigenvalue weighted by Crippen LogP contribution is 2.36. The van der Waals surface area contributed by atoms with Gasteiger partial charge in [-0.05, 0) is 37.1 Å². The van der Waals surface area contributed by atoms with Gasteiger partial charge >= 0.3 is 0 Å². The maximum atomic E-state index is 13.4. The fourth-order valence-electron chi connectivity index (χ4n) is 2.78. The van der Waals surface area contributed by atoms with Crippen LogP contribution in [-0.2, 0) is 11.3 Å². The molecule has 0 saturated carbocycles. The van der Waals surface area contributed by atoms with Crippen molar-refractivity contribution in [2.24, 2.45) is 5.73 Å². The van der Waals surface area contributed by atoms with E-state index in [0.717, 1.165) is 18.2 Å². The number of nitrogens with two attached hydrogens (primary N) is 1. The Morgan fingerprint density at radius 1 is 1.33 bits per heavy atom. The fraction of sp³-hybridized carbons (Fsp3) is 0.333. The molecule has 1 aliphatic rings. The van der Waals surface area contributed by atoms with Crippen LogP contribution in [0.2, 0.25) is 0 Å². The summed E-state index contributed by atoms with van der Waals surface area (Å²) in [5.41, 5.74) is 7.33. The molecule has 0 aliphatic carbocycles. The van der Waals surface area contributed by atoms with Crippen molar-refractivity contribution in [3.05, 3.63) is 52.9 Å². The SMILES string of the molecule is CC(C(N)=O)c1cc2n(n1)CC[C@H]2c1cc(F)cc(F)c1.